The summed E-state index contributed by atoms with van der Waals surface area (Å²) in [5, 5.41) is 3.65. The van der Waals surface area contributed by atoms with Gasteiger partial charge in [-0.25, -0.2) is 0 Å². The number of alkyl halides is 3. The van der Waals surface area contributed by atoms with Crippen LogP contribution in [-0.2, 0) is 6.18 Å². The van der Waals surface area contributed by atoms with Crippen LogP contribution in [0.15, 0.2) is 48.5 Å². The zero-order valence-electron chi connectivity index (χ0n) is 15.6. The zero-order valence-corrected chi connectivity index (χ0v) is 17.5. The van der Waals surface area contributed by atoms with E-state index in [1.807, 2.05) is 12.1 Å². The number of hydrogen-bond acceptors (Lipinski definition) is 2. The second-order valence-corrected chi connectivity index (χ2v) is 9.38. The van der Waals surface area contributed by atoms with E-state index in [1.165, 1.54) is 37.2 Å². The predicted molar refractivity (Wildman–Crippen MR) is 107 cm³/mol. The summed E-state index contributed by atoms with van der Waals surface area (Å²) in [5.74, 6) is 0.518. The Labute approximate surface area is 173 Å². The number of halogens is 3. The smallest absolute Gasteiger partial charge is 0.0421 e. The molecule has 28 heavy (non-hydrogen) atoms. The van der Waals surface area contributed by atoms with Gasteiger partial charge in [-0.1, -0.05) is 12.1 Å². The van der Waals surface area contributed by atoms with Crippen LogP contribution in [0.25, 0.3) is 11.1 Å². The first-order chi connectivity index (χ1) is 13.4. The molecule has 1 saturated carbocycles. The van der Waals surface area contributed by atoms with Crippen molar-refractivity contribution in [2.24, 2.45) is 0 Å². The van der Waals surface area contributed by atoms with Gasteiger partial charge in [0.25, 0.3) is 0 Å². The monoisotopic (exact) mass is 448 g/mol. The molecule has 2 aromatic carbocycles. The summed E-state index contributed by atoms with van der Waals surface area (Å²) < 4.78 is 39.5. The summed E-state index contributed by atoms with van der Waals surface area (Å²) >= 11 is 2.77. The van der Waals surface area contributed by atoms with Gasteiger partial charge in [-0.2, -0.15) is 13.2 Å². The number of nitrogens with zero attached hydrogens (tertiary/aromatic N) is 1. The number of nitrogens with one attached hydrogen (secondary N) is 1. The Morgan fingerprint density at radius 3 is 2.54 bits per heavy atom. The Balaban J connectivity index is 1.31. The Kier molecular flexibility index (Phi) is 5.87. The molecule has 2 nitrogen and oxygen atoms in total. The Morgan fingerprint density at radius 1 is 1.07 bits per heavy atom. The van der Waals surface area contributed by atoms with Crippen molar-refractivity contribution in [3.05, 3.63) is 59.7 Å². The molecule has 0 bridgehead atoms. The molecule has 2 radical (unpaired) electrons. The predicted octanol–water partition coefficient (Wildman–Crippen LogP) is 4.48. The third-order valence-electron chi connectivity index (χ3n) is 5.73. The summed E-state index contributed by atoms with van der Waals surface area (Å²) in [7, 11) is 0. The third-order valence-corrected chi connectivity index (χ3v) is 6.62. The zero-order chi connectivity index (χ0) is 19.7. The van der Waals surface area contributed by atoms with Gasteiger partial charge >= 0.3 is 124 Å². The van der Waals surface area contributed by atoms with Crippen molar-refractivity contribution >= 4 is 16.9 Å². The van der Waals surface area contributed by atoms with E-state index in [4.69, 9.17) is 0 Å². The van der Waals surface area contributed by atoms with Crippen LogP contribution in [0.2, 0.25) is 4.71 Å². The first-order valence-electron chi connectivity index (χ1n) is 9.81. The van der Waals surface area contributed by atoms with Crippen molar-refractivity contribution in [1.82, 2.24) is 10.2 Å². The van der Waals surface area contributed by atoms with Crippen LogP contribution in [0.1, 0.15) is 29.9 Å². The minimum atomic E-state index is -4.31. The van der Waals surface area contributed by atoms with E-state index >= 15 is 0 Å². The van der Waals surface area contributed by atoms with E-state index in [9.17, 15) is 13.2 Å². The van der Waals surface area contributed by atoms with E-state index in [2.05, 4.69) is 39.2 Å². The maximum atomic E-state index is 12.9. The molecule has 0 amide bonds. The molecule has 3 atom stereocenters. The van der Waals surface area contributed by atoms with Crippen LogP contribution < -0.4 is 5.32 Å². The maximum Gasteiger partial charge on any atom is -0.0421 e. The van der Waals surface area contributed by atoms with Crippen molar-refractivity contribution in [2.75, 3.05) is 26.2 Å². The topological polar surface area (TPSA) is 15.3 Å². The summed E-state index contributed by atoms with van der Waals surface area (Å²) in [4.78, 5) is 2.51. The average molecular weight is 448 g/mol. The molecule has 2 aromatic rings. The molecule has 4 rings (SSSR count). The Morgan fingerprint density at radius 2 is 1.86 bits per heavy atom. The SMILES string of the molecule is FC(F)(F)c1cccc(-c2ccc([C@@H]3C[C@H]3NCCN3CC[C@H]([As])C3)cc2)c1. The van der Waals surface area contributed by atoms with Gasteiger partial charge in [-0.05, 0) is 17.7 Å². The van der Waals surface area contributed by atoms with Gasteiger partial charge < -0.3 is 0 Å². The summed E-state index contributed by atoms with van der Waals surface area (Å²) in [6, 6.07) is 14.0. The molecule has 1 saturated heterocycles. The molecule has 0 unspecified atom stereocenters. The molecule has 0 spiro atoms. The standard InChI is InChI=1S/C22H24AsF3N2/c23-19-8-10-28(14-19)11-9-27-21-13-20(21)16-6-4-15(5-7-16)17-2-1-3-18(12-17)22(24,25)26/h1-7,12,19-21,27H,8-11,13-14H2/t19-,20-,21+/m0/s1. The molecule has 1 heterocycles. The summed E-state index contributed by atoms with van der Waals surface area (Å²) in [6.07, 6.45) is -1.89. The van der Waals surface area contributed by atoms with Gasteiger partial charge in [0.15, 0.2) is 0 Å². The molecule has 1 N–H and O–H groups in total. The fourth-order valence-electron chi connectivity index (χ4n) is 4.01. The van der Waals surface area contributed by atoms with Crippen LogP contribution in [0.4, 0.5) is 13.2 Å². The van der Waals surface area contributed by atoms with Crippen molar-refractivity contribution < 1.29 is 13.2 Å². The van der Waals surface area contributed by atoms with Gasteiger partial charge in [-0.15, -0.1) is 0 Å². The first kappa shape index (κ1) is 20.0. The van der Waals surface area contributed by atoms with Crippen molar-refractivity contribution in [1.29, 1.82) is 0 Å². The van der Waals surface area contributed by atoms with Gasteiger partial charge in [0.05, 0.1) is 5.56 Å². The van der Waals surface area contributed by atoms with Gasteiger partial charge in [-0.3, -0.25) is 0 Å². The van der Waals surface area contributed by atoms with Crippen LogP contribution in [-0.4, -0.2) is 54.0 Å². The molecule has 0 aromatic heterocycles. The molecular formula is C22H24AsF3N2. The second-order valence-electron chi connectivity index (χ2n) is 7.85. The van der Waals surface area contributed by atoms with Gasteiger partial charge in [0.2, 0.25) is 0 Å². The molecule has 1 aliphatic heterocycles. The minimum absolute atomic E-state index is 0.518. The van der Waals surface area contributed by atoms with E-state index in [-0.39, 0.29) is 0 Å². The van der Waals surface area contributed by atoms with E-state index < -0.39 is 11.7 Å². The van der Waals surface area contributed by atoms with Crippen LogP contribution >= 0.6 is 0 Å². The average Bonchev–Trinajstić information content (AvgIpc) is 3.33. The quantitative estimate of drug-likeness (QED) is 0.656. The number of rotatable bonds is 6. The fourth-order valence-corrected chi connectivity index (χ4v) is 4.74. The molecule has 148 valence electrons. The number of likely N-dealkylation sites (tertiary alicyclic amines) is 1. The third kappa shape index (κ3) is 4.81. The van der Waals surface area contributed by atoms with Gasteiger partial charge in [0, 0.05) is 0 Å². The Hall–Kier alpha value is -1.29. The molecule has 1 aliphatic carbocycles. The van der Waals surface area contributed by atoms with Crippen molar-refractivity contribution in [3.8, 4) is 11.1 Å². The van der Waals surface area contributed by atoms with Crippen LogP contribution in [0.3, 0.4) is 0 Å². The summed E-state index contributed by atoms with van der Waals surface area (Å²) in [5.41, 5.74) is 2.08. The normalized spacial score (nSPS) is 25.2. The van der Waals surface area contributed by atoms with Gasteiger partial charge in [0.1, 0.15) is 0 Å². The minimum Gasteiger partial charge on any atom is -0.0421 e. The molecule has 2 aliphatic rings. The van der Waals surface area contributed by atoms with Crippen molar-refractivity contribution in [2.45, 2.75) is 35.7 Å². The Bertz CT molecular complexity index is 806. The largest absolute Gasteiger partial charge is 0.0421 e. The summed E-state index contributed by atoms with van der Waals surface area (Å²) in [6.45, 7) is 4.51. The maximum absolute atomic E-state index is 12.9. The number of benzene rings is 2. The van der Waals surface area contributed by atoms with E-state index in [0.29, 0.717) is 17.5 Å². The first-order valence-corrected chi connectivity index (χ1v) is 10.9. The van der Waals surface area contributed by atoms with E-state index in [1.54, 1.807) is 6.07 Å². The molecule has 6 heteroatoms. The number of hydrogen-bond donors (Lipinski definition) is 1. The van der Waals surface area contributed by atoms with Crippen LogP contribution in [0, 0.1) is 0 Å². The molecule has 2 fully saturated rings. The second kappa shape index (κ2) is 8.22. The van der Waals surface area contributed by atoms with E-state index in [0.717, 1.165) is 35.8 Å². The molecular weight excluding hydrogens is 424 g/mol. The fraction of sp³-hybridized carbons (Fsp3) is 0.455. The van der Waals surface area contributed by atoms with Crippen LogP contribution in [0.5, 0.6) is 0 Å². The van der Waals surface area contributed by atoms with Crippen molar-refractivity contribution in [3.63, 3.8) is 0 Å².